The third kappa shape index (κ3) is 5.04. The second kappa shape index (κ2) is 9.93. The van der Waals surface area contributed by atoms with Gasteiger partial charge in [-0.05, 0) is 37.0 Å². The number of carbonyl (C=O) groups excluding carboxylic acids is 1. The number of nitrogens with one attached hydrogen (secondary N) is 1. The molecule has 0 bridgehead atoms. The summed E-state index contributed by atoms with van der Waals surface area (Å²) >= 11 is 3.10. The predicted octanol–water partition coefficient (Wildman–Crippen LogP) is 5.40. The molecule has 7 heteroatoms. The Morgan fingerprint density at radius 1 is 1.15 bits per heavy atom. The van der Waals surface area contributed by atoms with Gasteiger partial charge in [0.2, 0.25) is 5.91 Å². The molecule has 168 valence electrons. The van der Waals surface area contributed by atoms with Gasteiger partial charge in [0.15, 0.2) is 0 Å². The summed E-state index contributed by atoms with van der Waals surface area (Å²) in [4.78, 5) is 24.9. The summed E-state index contributed by atoms with van der Waals surface area (Å²) in [5.74, 6) is 0.886. The molecule has 1 amide bonds. The smallest absolute Gasteiger partial charge is 0.230 e. The molecule has 2 aromatic carbocycles. The van der Waals surface area contributed by atoms with Crippen LogP contribution in [-0.4, -0.2) is 41.3 Å². The fourth-order valence-electron chi connectivity index (χ4n) is 4.22. The van der Waals surface area contributed by atoms with Crippen molar-refractivity contribution in [1.29, 1.82) is 0 Å². The fraction of sp³-hybridized carbons (Fsp3) is 0.269. The zero-order valence-corrected chi connectivity index (χ0v) is 20.2. The molecule has 4 aromatic rings. The average Bonchev–Trinajstić information content (AvgIpc) is 3.50. The lowest BCUT2D eigenvalue weighted by atomic mass is 10.1. The summed E-state index contributed by atoms with van der Waals surface area (Å²) in [6, 6.07) is 19.0. The van der Waals surface area contributed by atoms with Crippen LogP contribution >= 0.6 is 23.1 Å². The van der Waals surface area contributed by atoms with Gasteiger partial charge in [0, 0.05) is 36.3 Å². The lowest BCUT2D eigenvalue weighted by Crippen LogP contribution is -2.32. The molecule has 2 aromatic heterocycles. The normalized spacial score (nSPS) is 15.8. The summed E-state index contributed by atoms with van der Waals surface area (Å²) in [7, 11) is 0. The number of hydrogen-bond donors (Lipinski definition) is 1. The van der Waals surface area contributed by atoms with Crippen LogP contribution < -0.4 is 10.2 Å². The Morgan fingerprint density at radius 2 is 1.97 bits per heavy atom. The zero-order chi connectivity index (χ0) is 22.6. The lowest BCUT2D eigenvalue weighted by Gasteiger charge is -2.18. The zero-order valence-electron chi connectivity index (χ0n) is 18.5. The average molecular weight is 475 g/mol. The molecule has 33 heavy (non-hydrogen) atoms. The topological polar surface area (TPSA) is 58.1 Å². The highest BCUT2D eigenvalue weighted by Crippen LogP contribution is 2.37. The number of aromatic nitrogens is 2. The number of fused-ring (bicyclic) bond motifs is 1. The second-order valence-corrected chi connectivity index (χ2v) is 10.2. The maximum Gasteiger partial charge on any atom is 0.230 e. The highest BCUT2D eigenvalue weighted by atomic mass is 32.2. The van der Waals surface area contributed by atoms with Crippen molar-refractivity contribution < 1.29 is 4.79 Å². The summed E-state index contributed by atoms with van der Waals surface area (Å²) in [6.07, 6.45) is 2.69. The number of hydrogen-bond acceptors (Lipinski definition) is 6. The molecule has 5 nitrogen and oxygen atoms in total. The van der Waals surface area contributed by atoms with Crippen LogP contribution in [0.2, 0.25) is 0 Å². The van der Waals surface area contributed by atoms with Gasteiger partial charge in [0.1, 0.15) is 16.2 Å². The minimum atomic E-state index is 0.0528. The van der Waals surface area contributed by atoms with Crippen molar-refractivity contribution in [3.05, 3.63) is 71.9 Å². The van der Waals surface area contributed by atoms with Crippen molar-refractivity contribution >= 4 is 44.9 Å². The number of nitrogens with zero attached hydrogens (tertiary/aromatic N) is 3. The van der Waals surface area contributed by atoms with Crippen molar-refractivity contribution in [2.45, 2.75) is 18.4 Å². The number of amides is 1. The molecule has 1 fully saturated rings. The quantitative estimate of drug-likeness (QED) is 0.287. The van der Waals surface area contributed by atoms with Gasteiger partial charge in [0.05, 0.1) is 11.1 Å². The molecule has 1 aliphatic rings. The Bertz CT molecular complexity index is 1240. The number of carbonyl (C=O) groups is 1. The van der Waals surface area contributed by atoms with E-state index >= 15 is 0 Å². The molecule has 1 N–H and O–H groups in total. The van der Waals surface area contributed by atoms with Crippen molar-refractivity contribution in [2.75, 3.05) is 30.3 Å². The number of para-hydroxylation sites is 1. The van der Waals surface area contributed by atoms with E-state index in [4.69, 9.17) is 0 Å². The highest BCUT2D eigenvalue weighted by molar-refractivity contribution is 8.00. The van der Waals surface area contributed by atoms with Crippen molar-refractivity contribution in [2.24, 2.45) is 5.92 Å². The van der Waals surface area contributed by atoms with Crippen LogP contribution in [0, 0.1) is 12.8 Å². The predicted molar refractivity (Wildman–Crippen MR) is 138 cm³/mol. The van der Waals surface area contributed by atoms with Gasteiger partial charge in [-0.15, -0.1) is 11.3 Å². The standard InChI is InChI=1S/C26H26N4OS2/c1-18-7-9-20(10-8-18)22-15-32-25-24(22)26(29-17-28-25)33-16-23(31)27-13-19-11-12-30(14-19)21-5-3-2-4-6-21/h2-10,15,17,19H,11-14,16H2,1H3,(H,27,31). The van der Waals surface area contributed by atoms with Crippen LogP contribution in [0.5, 0.6) is 0 Å². The molecule has 0 radical (unpaired) electrons. The van der Waals surface area contributed by atoms with Crippen LogP contribution in [0.1, 0.15) is 12.0 Å². The molecule has 3 heterocycles. The van der Waals surface area contributed by atoms with E-state index in [2.05, 4.69) is 81.0 Å². The van der Waals surface area contributed by atoms with Crippen LogP contribution in [-0.2, 0) is 4.79 Å². The fourth-order valence-corrected chi connectivity index (χ4v) is 6.04. The molecule has 1 aliphatic heterocycles. The number of benzene rings is 2. The second-order valence-electron chi connectivity index (χ2n) is 8.40. The van der Waals surface area contributed by atoms with Crippen LogP contribution in [0.15, 0.2) is 71.3 Å². The number of thiophene rings is 1. The monoisotopic (exact) mass is 474 g/mol. The van der Waals surface area contributed by atoms with Crippen molar-refractivity contribution in [3.8, 4) is 11.1 Å². The van der Waals surface area contributed by atoms with Gasteiger partial charge in [-0.25, -0.2) is 9.97 Å². The first-order valence-electron chi connectivity index (χ1n) is 11.2. The molecule has 5 rings (SSSR count). The van der Waals surface area contributed by atoms with E-state index in [1.54, 1.807) is 17.7 Å². The third-order valence-corrected chi connectivity index (χ3v) is 7.91. The Balaban J connectivity index is 1.19. The van der Waals surface area contributed by atoms with E-state index < -0.39 is 0 Å². The van der Waals surface area contributed by atoms with Crippen LogP contribution in [0.4, 0.5) is 5.69 Å². The Morgan fingerprint density at radius 3 is 2.79 bits per heavy atom. The maximum atomic E-state index is 12.6. The van der Waals surface area contributed by atoms with E-state index in [9.17, 15) is 4.79 Å². The first-order valence-corrected chi connectivity index (χ1v) is 13.0. The SMILES string of the molecule is Cc1ccc(-c2csc3ncnc(SCC(=O)NCC4CCN(c5ccccc5)C4)c23)cc1. The first-order chi connectivity index (χ1) is 16.2. The molecule has 0 spiro atoms. The third-order valence-electron chi connectivity index (χ3n) is 6.03. The van der Waals surface area contributed by atoms with Gasteiger partial charge in [-0.3, -0.25) is 4.79 Å². The summed E-state index contributed by atoms with van der Waals surface area (Å²) in [6.45, 7) is 4.83. The minimum Gasteiger partial charge on any atom is -0.371 e. The molecular formula is C26H26N4OS2. The van der Waals surface area contributed by atoms with Gasteiger partial charge in [-0.2, -0.15) is 0 Å². The number of thioether (sulfide) groups is 1. The van der Waals surface area contributed by atoms with E-state index in [1.165, 1.54) is 23.0 Å². The number of rotatable bonds is 7. The summed E-state index contributed by atoms with van der Waals surface area (Å²) < 4.78 is 0. The van der Waals surface area contributed by atoms with E-state index in [1.807, 2.05) is 6.07 Å². The molecule has 1 saturated heterocycles. The number of anilines is 1. The van der Waals surface area contributed by atoms with E-state index in [0.29, 0.717) is 11.7 Å². The Labute approximate surface area is 202 Å². The maximum absolute atomic E-state index is 12.6. The van der Waals surface area contributed by atoms with E-state index in [-0.39, 0.29) is 5.91 Å². The first kappa shape index (κ1) is 21.9. The largest absolute Gasteiger partial charge is 0.371 e. The molecule has 1 atom stereocenters. The van der Waals surface area contributed by atoms with Gasteiger partial charge >= 0.3 is 0 Å². The van der Waals surface area contributed by atoms with E-state index in [0.717, 1.165) is 52.4 Å². The summed E-state index contributed by atoms with van der Waals surface area (Å²) in [5.41, 5.74) is 4.77. The van der Waals surface area contributed by atoms with Gasteiger partial charge < -0.3 is 10.2 Å². The Kier molecular flexibility index (Phi) is 6.60. The summed E-state index contributed by atoms with van der Waals surface area (Å²) in [5, 5.41) is 7.17. The number of aryl methyl sites for hydroxylation is 1. The minimum absolute atomic E-state index is 0.0528. The molecule has 1 unspecified atom stereocenters. The molecule has 0 aliphatic carbocycles. The Hall–Kier alpha value is -2.90. The van der Waals surface area contributed by atoms with Crippen molar-refractivity contribution in [3.63, 3.8) is 0 Å². The van der Waals surface area contributed by atoms with Gasteiger partial charge in [0.25, 0.3) is 0 Å². The van der Waals surface area contributed by atoms with Crippen LogP contribution in [0.25, 0.3) is 21.3 Å². The molecule has 0 saturated carbocycles. The van der Waals surface area contributed by atoms with Crippen LogP contribution in [0.3, 0.4) is 0 Å². The van der Waals surface area contributed by atoms with Gasteiger partial charge in [-0.1, -0.05) is 59.8 Å². The van der Waals surface area contributed by atoms with Crippen molar-refractivity contribution in [1.82, 2.24) is 15.3 Å². The lowest BCUT2D eigenvalue weighted by molar-refractivity contribution is -0.118. The highest BCUT2D eigenvalue weighted by Gasteiger charge is 2.23. The molecular weight excluding hydrogens is 448 g/mol.